The Morgan fingerprint density at radius 1 is 1.37 bits per heavy atom. The van der Waals surface area contributed by atoms with Gasteiger partial charge in [0.2, 0.25) is 11.8 Å². The number of hydrogen-bond donors (Lipinski definition) is 1. The molecule has 1 N–H and O–H groups in total. The second kappa shape index (κ2) is 5.17. The molecule has 6 heteroatoms. The Kier molecular flexibility index (Phi) is 3.22. The number of pyridine rings is 1. The lowest BCUT2D eigenvalue weighted by atomic mass is 10.3. The quantitative estimate of drug-likeness (QED) is 0.871. The molecule has 3 rings (SSSR count). The zero-order valence-corrected chi connectivity index (χ0v) is 10.4. The molecule has 0 spiro atoms. The Morgan fingerprint density at radius 3 is 3.00 bits per heavy atom. The first-order chi connectivity index (χ1) is 9.33. The predicted octanol–water partition coefficient (Wildman–Crippen LogP) is 1.20. The van der Waals surface area contributed by atoms with Crippen LogP contribution in [0.15, 0.2) is 28.8 Å². The van der Waals surface area contributed by atoms with Crippen molar-refractivity contribution in [3.8, 4) is 11.6 Å². The van der Waals surface area contributed by atoms with Crippen LogP contribution in [0.2, 0.25) is 0 Å². The van der Waals surface area contributed by atoms with Gasteiger partial charge >= 0.3 is 0 Å². The van der Waals surface area contributed by atoms with E-state index < -0.39 is 0 Å². The fraction of sp³-hybridized carbons (Fsp3) is 0.385. The molecule has 6 nitrogen and oxygen atoms in total. The number of rotatable bonds is 5. The third-order valence-electron chi connectivity index (χ3n) is 2.94. The Hall–Kier alpha value is -2.24. The maximum atomic E-state index is 11.4. The van der Waals surface area contributed by atoms with E-state index in [2.05, 4.69) is 20.5 Å². The Balaban J connectivity index is 1.54. The lowest BCUT2D eigenvalue weighted by molar-refractivity contribution is -0.122. The van der Waals surface area contributed by atoms with Crippen LogP contribution in [-0.2, 0) is 11.2 Å². The van der Waals surface area contributed by atoms with Crippen LogP contribution in [0, 0.1) is 5.92 Å². The molecule has 1 fully saturated rings. The van der Waals surface area contributed by atoms with Crippen LogP contribution in [0.4, 0.5) is 0 Å². The van der Waals surface area contributed by atoms with Crippen LogP contribution < -0.4 is 5.32 Å². The van der Waals surface area contributed by atoms with Crippen molar-refractivity contribution in [2.45, 2.75) is 19.3 Å². The summed E-state index contributed by atoms with van der Waals surface area (Å²) in [7, 11) is 0. The highest BCUT2D eigenvalue weighted by molar-refractivity contribution is 5.80. The summed E-state index contributed by atoms with van der Waals surface area (Å²) in [6, 6.07) is 5.50. The van der Waals surface area contributed by atoms with Gasteiger partial charge in [-0.1, -0.05) is 6.07 Å². The van der Waals surface area contributed by atoms with Gasteiger partial charge in [0, 0.05) is 25.1 Å². The molecule has 0 radical (unpaired) electrons. The first-order valence-electron chi connectivity index (χ1n) is 6.34. The second-order valence-corrected chi connectivity index (χ2v) is 4.53. The van der Waals surface area contributed by atoms with Gasteiger partial charge in [-0.2, -0.15) is 0 Å². The summed E-state index contributed by atoms with van der Waals surface area (Å²) in [4.78, 5) is 15.6. The van der Waals surface area contributed by atoms with E-state index in [1.807, 2.05) is 18.2 Å². The van der Waals surface area contributed by atoms with Crippen molar-refractivity contribution in [2.75, 3.05) is 6.54 Å². The zero-order valence-electron chi connectivity index (χ0n) is 10.4. The number of carbonyl (C=O) groups is 1. The molecular weight excluding hydrogens is 244 g/mol. The van der Waals surface area contributed by atoms with E-state index in [-0.39, 0.29) is 11.8 Å². The molecule has 1 saturated carbocycles. The smallest absolute Gasteiger partial charge is 0.266 e. The average molecular weight is 258 g/mol. The Bertz CT molecular complexity index is 563. The van der Waals surface area contributed by atoms with E-state index >= 15 is 0 Å². The summed E-state index contributed by atoms with van der Waals surface area (Å²) in [5.74, 6) is 1.28. The molecule has 1 amide bonds. The lowest BCUT2D eigenvalue weighted by Gasteiger charge is -2.00. The molecule has 0 unspecified atom stereocenters. The van der Waals surface area contributed by atoms with Crippen molar-refractivity contribution in [1.29, 1.82) is 0 Å². The molecule has 0 bridgehead atoms. The Morgan fingerprint density at radius 2 is 2.26 bits per heavy atom. The fourth-order valence-electron chi connectivity index (χ4n) is 1.73. The van der Waals surface area contributed by atoms with Crippen molar-refractivity contribution in [2.24, 2.45) is 5.92 Å². The van der Waals surface area contributed by atoms with Crippen molar-refractivity contribution in [1.82, 2.24) is 20.5 Å². The Labute approximate surface area is 110 Å². The molecule has 2 heterocycles. The minimum Gasteiger partial charge on any atom is -0.419 e. The summed E-state index contributed by atoms with van der Waals surface area (Å²) < 4.78 is 5.49. The highest BCUT2D eigenvalue weighted by Gasteiger charge is 2.29. The summed E-state index contributed by atoms with van der Waals surface area (Å²) >= 11 is 0. The first kappa shape index (κ1) is 11.8. The van der Waals surface area contributed by atoms with Crippen molar-refractivity contribution >= 4 is 5.91 Å². The molecule has 0 aliphatic heterocycles. The van der Waals surface area contributed by atoms with Crippen LogP contribution in [0.3, 0.4) is 0 Å². The predicted molar refractivity (Wildman–Crippen MR) is 67.0 cm³/mol. The maximum absolute atomic E-state index is 11.4. The van der Waals surface area contributed by atoms with Crippen LogP contribution in [0.5, 0.6) is 0 Å². The highest BCUT2D eigenvalue weighted by Crippen LogP contribution is 2.28. The van der Waals surface area contributed by atoms with Gasteiger partial charge in [-0.25, -0.2) is 0 Å². The highest BCUT2D eigenvalue weighted by atomic mass is 16.4. The third kappa shape index (κ3) is 2.96. The largest absolute Gasteiger partial charge is 0.419 e. The van der Waals surface area contributed by atoms with Crippen LogP contribution in [0.1, 0.15) is 18.7 Å². The fourth-order valence-corrected chi connectivity index (χ4v) is 1.73. The zero-order chi connectivity index (χ0) is 13.1. The molecule has 0 aromatic carbocycles. The standard InChI is InChI=1S/C13H14N4O2/c18-12(9-4-5-9)15-8-6-11-16-17-13(19-11)10-3-1-2-7-14-10/h1-3,7,9H,4-6,8H2,(H,15,18). The number of carbonyl (C=O) groups excluding carboxylic acids is 1. The number of aromatic nitrogens is 3. The third-order valence-corrected chi connectivity index (χ3v) is 2.94. The normalized spacial score (nSPS) is 14.3. The second-order valence-electron chi connectivity index (χ2n) is 4.53. The van der Waals surface area contributed by atoms with Gasteiger partial charge in [0.25, 0.3) is 5.89 Å². The van der Waals surface area contributed by atoms with E-state index in [9.17, 15) is 4.79 Å². The number of nitrogens with zero attached hydrogens (tertiary/aromatic N) is 3. The molecular formula is C13H14N4O2. The van der Waals surface area contributed by atoms with Crippen LogP contribution in [0.25, 0.3) is 11.6 Å². The average Bonchev–Trinajstić information content (AvgIpc) is 3.20. The van der Waals surface area contributed by atoms with Gasteiger partial charge < -0.3 is 9.73 Å². The van der Waals surface area contributed by atoms with E-state index in [0.717, 1.165) is 12.8 Å². The summed E-state index contributed by atoms with van der Waals surface area (Å²) in [5.41, 5.74) is 0.656. The molecule has 1 aliphatic carbocycles. The monoisotopic (exact) mass is 258 g/mol. The molecule has 0 atom stereocenters. The van der Waals surface area contributed by atoms with Gasteiger partial charge in [0.1, 0.15) is 5.69 Å². The summed E-state index contributed by atoms with van der Waals surface area (Å²) in [5, 5.41) is 10.7. The van der Waals surface area contributed by atoms with E-state index in [1.54, 1.807) is 6.20 Å². The SMILES string of the molecule is O=C(NCCc1nnc(-c2ccccn2)o1)C1CC1. The molecule has 98 valence electrons. The minimum atomic E-state index is 0.129. The first-order valence-corrected chi connectivity index (χ1v) is 6.34. The molecule has 1 aliphatic rings. The van der Waals surface area contributed by atoms with Gasteiger partial charge in [-0.05, 0) is 25.0 Å². The van der Waals surface area contributed by atoms with Crippen LogP contribution >= 0.6 is 0 Å². The maximum Gasteiger partial charge on any atom is 0.266 e. The molecule has 19 heavy (non-hydrogen) atoms. The summed E-state index contributed by atoms with van der Waals surface area (Å²) in [6.07, 6.45) is 4.24. The number of amides is 1. The van der Waals surface area contributed by atoms with Crippen molar-refractivity contribution in [3.63, 3.8) is 0 Å². The topological polar surface area (TPSA) is 80.9 Å². The van der Waals surface area contributed by atoms with Crippen molar-refractivity contribution < 1.29 is 9.21 Å². The van der Waals surface area contributed by atoms with Gasteiger partial charge in [0.05, 0.1) is 0 Å². The van der Waals surface area contributed by atoms with Crippen molar-refractivity contribution in [3.05, 3.63) is 30.3 Å². The summed E-state index contributed by atoms with van der Waals surface area (Å²) in [6.45, 7) is 0.527. The number of nitrogens with one attached hydrogen (secondary N) is 1. The van der Waals surface area contributed by atoms with E-state index in [1.165, 1.54) is 0 Å². The van der Waals surface area contributed by atoms with Gasteiger partial charge in [-0.15, -0.1) is 10.2 Å². The van der Waals surface area contributed by atoms with E-state index in [0.29, 0.717) is 30.4 Å². The molecule has 2 aromatic heterocycles. The van der Waals surface area contributed by atoms with Crippen LogP contribution in [-0.4, -0.2) is 27.6 Å². The molecule has 0 saturated heterocycles. The van der Waals surface area contributed by atoms with Gasteiger partial charge in [0.15, 0.2) is 0 Å². The van der Waals surface area contributed by atoms with Gasteiger partial charge in [-0.3, -0.25) is 9.78 Å². The molecule has 2 aromatic rings. The lowest BCUT2D eigenvalue weighted by Crippen LogP contribution is -2.26. The number of hydrogen-bond acceptors (Lipinski definition) is 5. The minimum absolute atomic E-state index is 0.129. The van der Waals surface area contributed by atoms with E-state index in [4.69, 9.17) is 4.42 Å².